The summed E-state index contributed by atoms with van der Waals surface area (Å²) in [5.41, 5.74) is 1.06. The van der Waals surface area contributed by atoms with E-state index < -0.39 is 40.2 Å². The summed E-state index contributed by atoms with van der Waals surface area (Å²) >= 11 is 6.40. The van der Waals surface area contributed by atoms with E-state index in [4.69, 9.17) is 16.3 Å². The Kier molecular flexibility index (Phi) is 11.8. The maximum absolute atomic E-state index is 15.1. The van der Waals surface area contributed by atoms with Crippen molar-refractivity contribution in [2.75, 3.05) is 18.0 Å². The predicted octanol–water partition coefficient (Wildman–Crippen LogP) is 6.24. The summed E-state index contributed by atoms with van der Waals surface area (Å²) in [4.78, 5) is 29.5. The van der Waals surface area contributed by atoms with Crippen LogP contribution in [0.25, 0.3) is 0 Å². The number of carbonyl (C=O) groups excluding carboxylic acids is 2. The van der Waals surface area contributed by atoms with Gasteiger partial charge in [-0.3, -0.25) is 13.9 Å². The summed E-state index contributed by atoms with van der Waals surface area (Å²) in [6, 6.07) is 25.9. The van der Waals surface area contributed by atoms with Crippen LogP contribution in [0.3, 0.4) is 0 Å². The zero-order valence-corrected chi connectivity index (χ0v) is 27.5. The van der Waals surface area contributed by atoms with E-state index in [1.165, 1.54) is 60.5 Å². The maximum Gasteiger partial charge on any atom is 0.264 e. The van der Waals surface area contributed by atoms with Crippen molar-refractivity contribution in [2.45, 2.75) is 50.2 Å². The highest BCUT2D eigenvalue weighted by molar-refractivity contribution is 7.92. The number of hydrogen-bond acceptors (Lipinski definition) is 5. The molecule has 0 fully saturated rings. The van der Waals surface area contributed by atoms with Crippen LogP contribution in [0.4, 0.5) is 10.1 Å². The fourth-order valence-electron chi connectivity index (χ4n) is 4.86. The average molecular weight is 666 g/mol. The Hall–Kier alpha value is -4.41. The summed E-state index contributed by atoms with van der Waals surface area (Å²) < 4.78 is 49.4. The van der Waals surface area contributed by atoms with Crippen LogP contribution in [0.2, 0.25) is 5.02 Å². The number of carbonyl (C=O) groups is 2. The van der Waals surface area contributed by atoms with Gasteiger partial charge in [0.25, 0.3) is 10.0 Å². The van der Waals surface area contributed by atoms with Gasteiger partial charge in [0.15, 0.2) is 0 Å². The number of ether oxygens (including phenoxy) is 1. The van der Waals surface area contributed by atoms with Crippen molar-refractivity contribution in [2.24, 2.45) is 0 Å². The molecule has 0 aliphatic carbocycles. The van der Waals surface area contributed by atoms with E-state index in [9.17, 15) is 18.0 Å². The summed E-state index contributed by atoms with van der Waals surface area (Å²) in [6.45, 7) is 2.80. The van der Waals surface area contributed by atoms with E-state index in [0.29, 0.717) is 12.2 Å². The predicted molar refractivity (Wildman–Crippen MR) is 178 cm³/mol. The first-order valence-electron chi connectivity index (χ1n) is 14.8. The molecule has 11 heteroatoms. The average Bonchev–Trinajstić information content (AvgIpc) is 3.06. The molecule has 0 bridgehead atoms. The number of hydrogen-bond donors (Lipinski definition) is 1. The quantitative estimate of drug-likeness (QED) is 0.172. The molecule has 0 saturated carbocycles. The van der Waals surface area contributed by atoms with Gasteiger partial charge in [-0.05, 0) is 55.3 Å². The Morgan fingerprint density at radius 2 is 1.57 bits per heavy atom. The van der Waals surface area contributed by atoms with E-state index in [1.807, 2.05) is 44.2 Å². The normalized spacial score (nSPS) is 12.5. The lowest BCUT2D eigenvalue weighted by Gasteiger charge is -2.34. The molecule has 0 heterocycles. The van der Waals surface area contributed by atoms with Crippen molar-refractivity contribution in [1.29, 1.82) is 0 Å². The molecule has 4 aromatic rings. The minimum Gasteiger partial charge on any atom is -0.495 e. The molecule has 8 nitrogen and oxygen atoms in total. The van der Waals surface area contributed by atoms with Crippen LogP contribution in [0, 0.1) is 5.82 Å². The zero-order valence-electron chi connectivity index (χ0n) is 25.9. The smallest absolute Gasteiger partial charge is 0.264 e. The van der Waals surface area contributed by atoms with E-state index >= 15 is 4.39 Å². The number of rotatable bonds is 14. The number of nitrogens with one attached hydrogen (secondary N) is 1. The van der Waals surface area contributed by atoms with Gasteiger partial charge in [0.05, 0.1) is 22.7 Å². The molecule has 2 amide bonds. The molecule has 4 rings (SSSR count). The lowest BCUT2D eigenvalue weighted by Crippen LogP contribution is -2.54. The largest absolute Gasteiger partial charge is 0.495 e. The number of methoxy groups -OCH3 is 1. The third-order valence-corrected chi connectivity index (χ3v) is 9.69. The first kappa shape index (κ1) is 34.5. The van der Waals surface area contributed by atoms with Crippen molar-refractivity contribution in [3.05, 3.63) is 125 Å². The molecule has 1 N–H and O–H groups in total. The first-order chi connectivity index (χ1) is 22.0. The van der Waals surface area contributed by atoms with Crippen LogP contribution < -0.4 is 14.4 Å². The van der Waals surface area contributed by atoms with E-state index in [1.54, 1.807) is 24.3 Å². The van der Waals surface area contributed by atoms with Gasteiger partial charge in [-0.2, -0.15) is 0 Å². The van der Waals surface area contributed by atoms with Gasteiger partial charge < -0.3 is 15.0 Å². The van der Waals surface area contributed by atoms with Gasteiger partial charge >= 0.3 is 0 Å². The van der Waals surface area contributed by atoms with Gasteiger partial charge in [0, 0.05) is 24.6 Å². The number of halogens is 2. The third kappa shape index (κ3) is 8.44. The number of benzene rings is 4. The molecular formula is C35H37ClFN3O5S. The zero-order chi connectivity index (χ0) is 33.3. The maximum atomic E-state index is 15.1. The van der Waals surface area contributed by atoms with Crippen LogP contribution in [0.5, 0.6) is 5.75 Å². The molecular weight excluding hydrogens is 629 g/mol. The molecule has 0 unspecified atom stereocenters. The Morgan fingerprint density at radius 3 is 2.17 bits per heavy atom. The van der Waals surface area contributed by atoms with Crippen molar-refractivity contribution >= 4 is 39.1 Å². The Balaban J connectivity index is 1.83. The number of sulfonamides is 1. The van der Waals surface area contributed by atoms with Crippen molar-refractivity contribution in [3.63, 3.8) is 0 Å². The fourth-order valence-corrected chi connectivity index (χ4v) is 6.54. The number of nitrogens with zero attached hydrogens (tertiary/aromatic N) is 2. The Labute approximate surface area is 274 Å². The van der Waals surface area contributed by atoms with Gasteiger partial charge in [-0.25, -0.2) is 12.8 Å². The monoisotopic (exact) mass is 665 g/mol. The summed E-state index contributed by atoms with van der Waals surface area (Å²) in [7, 11) is -2.88. The topological polar surface area (TPSA) is 96.0 Å². The fraction of sp³-hybridized carbons (Fsp3) is 0.257. The van der Waals surface area contributed by atoms with Gasteiger partial charge in [-0.15, -0.1) is 0 Å². The highest BCUT2D eigenvalue weighted by Gasteiger charge is 2.35. The lowest BCUT2D eigenvalue weighted by molar-refractivity contribution is -0.140. The first-order valence-corrected chi connectivity index (χ1v) is 16.7. The van der Waals surface area contributed by atoms with Crippen LogP contribution in [0.15, 0.2) is 108 Å². The number of amides is 2. The summed E-state index contributed by atoms with van der Waals surface area (Å²) in [5.74, 6) is -1.39. The molecule has 0 radical (unpaired) electrons. The SMILES string of the molecule is CC[C@@H](C)NC(=O)[C@@H](Cc1ccccc1)N(Cc1ccccc1F)C(=O)CN(c1ccc(OC)c(Cl)c1)S(=O)(=O)c1ccccc1. The summed E-state index contributed by atoms with van der Waals surface area (Å²) in [5, 5.41) is 3.09. The lowest BCUT2D eigenvalue weighted by atomic mass is 10.0. The second kappa shape index (κ2) is 15.7. The Bertz CT molecular complexity index is 1740. The second-order valence-corrected chi connectivity index (χ2v) is 13.0. The second-order valence-electron chi connectivity index (χ2n) is 10.8. The standard InChI is InChI=1S/C35H37ClFN3O5S/c1-4-25(2)38-35(42)32(21-26-13-7-5-8-14-26)39(23-27-15-11-12-18-31(27)37)34(41)24-40(28-19-20-33(45-3)30(36)22-28)46(43,44)29-16-9-6-10-17-29/h5-20,22,25,32H,4,21,23-24H2,1-3H3,(H,38,42)/t25-,32-/m1/s1. The molecule has 0 aromatic heterocycles. The minimum atomic E-state index is -4.32. The molecule has 0 saturated heterocycles. The van der Waals surface area contributed by atoms with Crippen molar-refractivity contribution < 1.29 is 27.1 Å². The van der Waals surface area contributed by atoms with Gasteiger partial charge in [0.1, 0.15) is 24.2 Å². The molecule has 0 aliphatic heterocycles. The van der Waals surface area contributed by atoms with Crippen molar-refractivity contribution in [3.8, 4) is 5.75 Å². The summed E-state index contributed by atoms with van der Waals surface area (Å²) in [6.07, 6.45) is 0.759. The highest BCUT2D eigenvalue weighted by atomic mass is 35.5. The molecule has 242 valence electrons. The molecule has 4 aromatic carbocycles. The minimum absolute atomic E-state index is 0.0502. The highest BCUT2D eigenvalue weighted by Crippen LogP contribution is 2.32. The van der Waals surface area contributed by atoms with Crippen LogP contribution in [-0.2, 0) is 32.6 Å². The van der Waals surface area contributed by atoms with Gasteiger partial charge in [-0.1, -0.05) is 85.3 Å². The molecule has 0 spiro atoms. The van der Waals surface area contributed by atoms with E-state index in [-0.39, 0.29) is 40.2 Å². The molecule has 0 aliphatic rings. The Morgan fingerprint density at radius 1 is 0.935 bits per heavy atom. The van der Waals surface area contributed by atoms with E-state index in [0.717, 1.165) is 9.87 Å². The van der Waals surface area contributed by atoms with Crippen LogP contribution in [0.1, 0.15) is 31.4 Å². The third-order valence-electron chi connectivity index (χ3n) is 7.60. The number of anilines is 1. The molecule has 2 atom stereocenters. The van der Waals surface area contributed by atoms with Crippen LogP contribution >= 0.6 is 11.6 Å². The van der Waals surface area contributed by atoms with Crippen LogP contribution in [-0.4, -0.2) is 50.9 Å². The van der Waals surface area contributed by atoms with Gasteiger partial charge in [0.2, 0.25) is 11.8 Å². The molecule has 46 heavy (non-hydrogen) atoms. The van der Waals surface area contributed by atoms with Crippen molar-refractivity contribution in [1.82, 2.24) is 10.2 Å². The van der Waals surface area contributed by atoms with E-state index in [2.05, 4.69) is 5.32 Å².